The lowest BCUT2D eigenvalue weighted by atomic mass is 10.1. The van der Waals surface area contributed by atoms with E-state index in [1.807, 2.05) is 34.5 Å². The van der Waals surface area contributed by atoms with Gasteiger partial charge >= 0.3 is 0 Å². The van der Waals surface area contributed by atoms with Crippen molar-refractivity contribution in [3.63, 3.8) is 0 Å². The van der Waals surface area contributed by atoms with Crippen molar-refractivity contribution in [2.24, 2.45) is 0 Å². The van der Waals surface area contributed by atoms with Crippen molar-refractivity contribution in [3.05, 3.63) is 58.0 Å². The lowest BCUT2D eigenvalue weighted by Crippen LogP contribution is -2.49. The number of nitrogens with zero attached hydrogens (tertiary/aromatic N) is 2. The average Bonchev–Trinajstić information content (AvgIpc) is 3.23. The smallest absolute Gasteiger partial charge is 0.222 e. The summed E-state index contributed by atoms with van der Waals surface area (Å²) in [4.78, 5) is 29.3. The fraction of sp³-hybridized carbons (Fsp3) is 0.429. The van der Waals surface area contributed by atoms with E-state index in [4.69, 9.17) is 0 Å². The third-order valence-electron chi connectivity index (χ3n) is 4.95. The lowest BCUT2D eigenvalue weighted by molar-refractivity contribution is -0.133. The third-order valence-corrected chi connectivity index (χ3v) is 5.86. The van der Waals surface area contributed by atoms with E-state index in [9.17, 15) is 14.0 Å². The molecule has 4 nitrogen and oxygen atoms in total. The molecule has 0 spiro atoms. The highest BCUT2D eigenvalue weighted by Crippen LogP contribution is 2.14. The van der Waals surface area contributed by atoms with Crippen molar-refractivity contribution in [3.8, 4) is 0 Å². The predicted octanol–water partition coefficient (Wildman–Crippen LogP) is 3.63. The topological polar surface area (TPSA) is 40.6 Å². The molecule has 1 fully saturated rings. The Morgan fingerprint density at radius 2 is 1.74 bits per heavy atom. The molecule has 0 aliphatic carbocycles. The minimum Gasteiger partial charge on any atom is -0.340 e. The van der Waals surface area contributed by atoms with Crippen molar-refractivity contribution in [1.82, 2.24) is 9.80 Å². The summed E-state index contributed by atoms with van der Waals surface area (Å²) >= 11 is 1.45. The standard InChI is InChI=1S/C21H25FN2O2S/c22-18-8-6-17(7-9-18)10-11-23-12-14-24(15-13-23)21(26)5-1-3-19(25)20-4-2-16-27-20/h2,4,6-9,16H,1,3,5,10-15H2. The van der Waals surface area contributed by atoms with Crippen LogP contribution >= 0.6 is 11.3 Å². The van der Waals surface area contributed by atoms with Crippen LogP contribution in [-0.2, 0) is 11.2 Å². The Morgan fingerprint density at radius 3 is 2.41 bits per heavy atom. The van der Waals surface area contributed by atoms with Gasteiger partial charge in [-0.3, -0.25) is 14.5 Å². The van der Waals surface area contributed by atoms with Crippen molar-refractivity contribution >= 4 is 23.0 Å². The van der Waals surface area contributed by atoms with Gasteiger partial charge in [0.2, 0.25) is 5.91 Å². The molecular formula is C21H25FN2O2S. The SMILES string of the molecule is O=C(CCCC(=O)N1CCN(CCc2ccc(F)cc2)CC1)c1cccs1. The van der Waals surface area contributed by atoms with Gasteiger partial charge in [0.15, 0.2) is 5.78 Å². The number of piperazine rings is 1. The van der Waals surface area contributed by atoms with Gasteiger partial charge in [0.1, 0.15) is 5.82 Å². The van der Waals surface area contributed by atoms with Gasteiger partial charge in [-0.25, -0.2) is 4.39 Å². The van der Waals surface area contributed by atoms with E-state index < -0.39 is 0 Å². The van der Waals surface area contributed by atoms with Gasteiger partial charge < -0.3 is 4.90 Å². The summed E-state index contributed by atoms with van der Waals surface area (Å²) in [7, 11) is 0. The molecule has 1 amide bonds. The van der Waals surface area contributed by atoms with Crippen LogP contribution in [0.1, 0.15) is 34.5 Å². The monoisotopic (exact) mass is 388 g/mol. The molecule has 0 N–H and O–H groups in total. The number of thiophene rings is 1. The summed E-state index contributed by atoms with van der Waals surface area (Å²) in [5.74, 6) is 0.0681. The van der Waals surface area contributed by atoms with Crippen molar-refractivity contribution in [2.45, 2.75) is 25.7 Å². The van der Waals surface area contributed by atoms with Crippen LogP contribution in [0.25, 0.3) is 0 Å². The highest BCUT2D eigenvalue weighted by molar-refractivity contribution is 7.12. The first-order valence-electron chi connectivity index (χ1n) is 9.43. The second-order valence-electron chi connectivity index (χ2n) is 6.85. The highest BCUT2D eigenvalue weighted by Gasteiger charge is 2.20. The number of Topliss-reactive ketones (excluding diaryl/α,β-unsaturated/α-hetero) is 1. The average molecular weight is 389 g/mol. The Kier molecular flexibility index (Phi) is 7.12. The largest absolute Gasteiger partial charge is 0.340 e. The van der Waals surface area contributed by atoms with Crippen molar-refractivity contribution in [1.29, 1.82) is 0 Å². The molecule has 0 atom stereocenters. The second-order valence-corrected chi connectivity index (χ2v) is 7.80. The fourth-order valence-electron chi connectivity index (χ4n) is 3.28. The quantitative estimate of drug-likeness (QED) is 0.649. The molecule has 0 saturated carbocycles. The van der Waals surface area contributed by atoms with Crippen LogP contribution in [0.4, 0.5) is 4.39 Å². The Morgan fingerprint density at radius 1 is 1.00 bits per heavy atom. The Labute approximate surface area is 163 Å². The van der Waals surface area contributed by atoms with Crippen LogP contribution in [0.2, 0.25) is 0 Å². The molecular weight excluding hydrogens is 363 g/mol. The summed E-state index contributed by atoms with van der Waals surface area (Å²) in [5.41, 5.74) is 1.13. The second kappa shape index (κ2) is 9.76. The summed E-state index contributed by atoms with van der Waals surface area (Å²) < 4.78 is 12.9. The summed E-state index contributed by atoms with van der Waals surface area (Å²) in [5, 5.41) is 1.90. The van der Waals surface area contributed by atoms with Gasteiger partial charge in [0.25, 0.3) is 0 Å². The molecule has 6 heteroatoms. The Bertz CT molecular complexity index is 738. The molecule has 2 aromatic rings. The molecule has 1 aliphatic rings. The van der Waals surface area contributed by atoms with Gasteiger partial charge in [-0.15, -0.1) is 11.3 Å². The number of ketones is 1. The zero-order valence-corrected chi connectivity index (χ0v) is 16.2. The molecule has 3 rings (SSSR count). The van der Waals surface area contributed by atoms with Crippen LogP contribution < -0.4 is 0 Å². The minimum atomic E-state index is -0.206. The van der Waals surface area contributed by atoms with Crippen LogP contribution in [0.3, 0.4) is 0 Å². The molecule has 0 bridgehead atoms. The molecule has 1 saturated heterocycles. The van der Waals surface area contributed by atoms with Gasteiger partial charge in [-0.05, 0) is 42.0 Å². The van der Waals surface area contributed by atoms with Crippen LogP contribution in [0.5, 0.6) is 0 Å². The first-order chi connectivity index (χ1) is 13.1. The maximum atomic E-state index is 12.9. The minimum absolute atomic E-state index is 0.128. The van der Waals surface area contributed by atoms with E-state index in [0.29, 0.717) is 19.3 Å². The maximum Gasteiger partial charge on any atom is 0.222 e. The third kappa shape index (κ3) is 5.97. The molecule has 2 heterocycles. The molecule has 0 radical (unpaired) electrons. The van der Waals surface area contributed by atoms with Gasteiger partial charge in [0, 0.05) is 45.6 Å². The number of carbonyl (C=O) groups is 2. The zero-order valence-electron chi connectivity index (χ0n) is 15.4. The molecule has 1 aliphatic heterocycles. The number of hydrogen-bond acceptors (Lipinski definition) is 4. The Hall–Kier alpha value is -2.05. The predicted molar refractivity (Wildman–Crippen MR) is 106 cm³/mol. The van der Waals surface area contributed by atoms with E-state index >= 15 is 0 Å². The van der Waals surface area contributed by atoms with E-state index in [2.05, 4.69) is 4.90 Å². The van der Waals surface area contributed by atoms with E-state index in [-0.39, 0.29) is 17.5 Å². The molecule has 1 aromatic carbocycles. The van der Waals surface area contributed by atoms with Crippen LogP contribution in [0, 0.1) is 5.82 Å². The van der Waals surface area contributed by atoms with E-state index in [1.165, 1.54) is 23.5 Å². The lowest BCUT2D eigenvalue weighted by Gasteiger charge is -2.34. The first-order valence-corrected chi connectivity index (χ1v) is 10.3. The van der Waals surface area contributed by atoms with Crippen LogP contribution in [0.15, 0.2) is 41.8 Å². The van der Waals surface area contributed by atoms with E-state index in [0.717, 1.165) is 49.6 Å². The number of hydrogen-bond donors (Lipinski definition) is 0. The van der Waals surface area contributed by atoms with Crippen LogP contribution in [-0.4, -0.2) is 54.2 Å². The number of carbonyl (C=O) groups excluding carboxylic acids is 2. The summed E-state index contributed by atoms with van der Waals surface area (Å²) in [6.45, 7) is 4.12. The summed E-state index contributed by atoms with van der Waals surface area (Å²) in [6, 6.07) is 10.3. The maximum absolute atomic E-state index is 12.9. The van der Waals surface area contributed by atoms with Gasteiger partial charge in [-0.1, -0.05) is 18.2 Å². The normalized spacial score (nSPS) is 15.1. The van der Waals surface area contributed by atoms with Crippen molar-refractivity contribution in [2.75, 3.05) is 32.7 Å². The van der Waals surface area contributed by atoms with Gasteiger partial charge in [-0.2, -0.15) is 0 Å². The fourth-order valence-corrected chi connectivity index (χ4v) is 3.97. The number of rotatable bonds is 8. The number of amides is 1. The van der Waals surface area contributed by atoms with Gasteiger partial charge in [0.05, 0.1) is 4.88 Å². The number of benzene rings is 1. The Balaban J connectivity index is 1.32. The van der Waals surface area contributed by atoms with E-state index in [1.54, 1.807) is 0 Å². The molecule has 144 valence electrons. The van der Waals surface area contributed by atoms with Crippen molar-refractivity contribution < 1.29 is 14.0 Å². The first kappa shape index (κ1) is 19.7. The highest BCUT2D eigenvalue weighted by atomic mass is 32.1. The summed E-state index contributed by atoms with van der Waals surface area (Å²) in [6.07, 6.45) is 2.37. The molecule has 1 aromatic heterocycles. The zero-order chi connectivity index (χ0) is 19.1. The molecule has 27 heavy (non-hydrogen) atoms. The number of halogens is 1. The molecule has 0 unspecified atom stereocenters.